The minimum atomic E-state index is -1.41. The molecule has 0 spiro atoms. The second-order valence-corrected chi connectivity index (χ2v) is 13.1. The lowest BCUT2D eigenvalue weighted by atomic mass is 9.51. The normalized spacial score (nSPS) is 28.6. The Balaban J connectivity index is 1.36. The summed E-state index contributed by atoms with van der Waals surface area (Å²) in [5, 5.41) is 19.5. The predicted octanol–water partition coefficient (Wildman–Crippen LogP) is 5.97. The molecule has 7 rings (SSSR count). The van der Waals surface area contributed by atoms with Crippen LogP contribution in [0.5, 0.6) is 5.75 Å². The van der Waals surface area contributed by atoms with Gasteiger partial charge in [0.15, 0.2) is 0 Å². The Morgan fingerprint density at radius 3 is 2.33 bits per heavy atom. The van der Waals surface area contributed by atoms with Crippen molar-refractivity contribution in [2.45, 2.75) is 25.7 Å². The monoisotopic (exact) mass is 662 g/mol. The molecule has 9 nitrogen and oxygen atoms in total. The van der Waals surface area contributed by atoms with Crippen LogP contribution in [0.15, 0.2) is 72.3 Å². The topological polar surface area (TPSA) is 132 Å². The van der Waals surface area contributed by atoms with Gasteiger partial charge in [0.05, 0.1) is 45.1 Å². The number of aromatic hydroxyl groups is 1. The minimum absolute atomic E-state index is 0.0632. The van der Waals surface area contributed by atoms with Crippen LogP contribution in [-0.2, 0) is 19.2 Å². The average molecular weight is 663 g/mol. The SMILES string of the molecule is C[C@@]12C(=O)N(c3ccc(F)c(Cl)c3)C(=O)[C@@H]1C[C@@H]1C(=CC[C@@H]3C(=O)N(c4cccc(C(=O)O)c4)C(=O)[C@@H]31)[C@@H]2c1ccc(O)cc1Cl. The molecule has 0 unspecified atom stereocenters. The summed E-state index contributed by atoms with van der Waals surface area (Å²) in [6.07, 6.45) is 2.08. The number of aromatic carboxylic acids is 1. The second kappa shape index (κ2) is 10.5. The van der Waals surface area contributed by atoms with Crippen LogP contribution >= 0.6 is 23.2 Å². The van der Waals surface area contributed by atoms with E-state index in [0.29, 0.717) is 11.1 Å². The Morgan fingerprint density at radius 2 is 1.63 bits per heavy atom. The first-order valence-corrected chi connectivity index (χ1v) is 15.3. The van der Waals surface area contributed by atoms with Crippen LogP contribution in [0, 0.1) is 34.9 Å². The largest absolute Gasteiger partial charge is 0.508 e. The zero-order valence-corrected chi connectivity index (χ0v) is 25.6. The number of carbonyl (C=O) groups is 5. The summed E-state index contributed by atoms with van der Waals surface area (Å²) in [4.78, 5) is 70.3. The quantitative estimate of drug-likeness (QED) is 0.260. The fourth-order valence-electron chi connectivity index (χ4n) is 8.01. The number of phenols is 1. The molecule has 3 fully saturated rings. The molecule has 46 heavy (non-hydrogen) atoms. The summed E-state index contributed by atoms with van der Waals surface area (Å²) in [6.45, 7) is 1.67. The van der Waals surface area contributed by atoms with E-state index in [1.54, 1.807) is 13.0 Å². The number of rotatable bonds is 4. The van der Waals surface area contributed by atoms with Crippen molar-refractivity contribution in [3.63, 3.8) is 0 Å². The second-order valence-electron chi connectivity index (χ2n) is 12.3. The van der Waals surface area contributed by atoms with Gasteiger partial charge in [0, 0.05) is 10.9 Å². The van der Waals surface area contributed by atoms with Crippen molar-refractivity contribution in [2.75, 3.05) is 9.80 Å². The number of fused-ring (bicyclic) bond motifs is 4. The smallest absolute Gasteiger partial charge is 0.335 e. The lowest BCUT2D eigenvalue weighted by molar-refractivity contribution is -0.131. The summed E-state index contributed by atoms with van der Waals surface area (Å²) in [7, 11) is 0. The number of halogens is 3. The summed E-state index contributed by atoms with van der Waals surface area (Å²) < 4.78 is 14.1. The molecule has 0 bridgehead atoms. The number of carbonyl (C=O) groups excluding carboxylic acids is 4. The van der Waals surface area contributed by atoms with Gasteiger partial charge in [0.2, 0.25) is 23.6 Å². The Hall–Kier alpha value is -4.54. The molecule has 2 aliphatic carbocycles. The summed E-state index contributed by atoms with van der Waals surface area (Å²) in [5.74, 6) is -8.23. The first-order valence-electron chi connectivity index (χ1n) is 14.6. The summed E-state index contributed by atoms with van der Waals surface area (Å²) in [6, 6.07) is 13.5. The summed E-state index contributed by atoms with van der Waals surface area (Å²) in [5.41, 5.74) is -0.123. The number of amides is 4. The molecular weight excluding hydrogens is 638 g/mol. The van der Waals surface area contributed by atoms with E-state index in [-0.39, 0.29) is 45.6 Å². The Bertz CT molecular complexity index is 1950. The number of hydrogen-bond donors (Lipinski definition) is 2. The Morgan fingerprint density at radius 1 is 0.891 bits per heavy atom. The van der Waals surface area contributed by atoms with E-state index in [4.69, 9.17) is 23.2 Å². The maximum Gasteiger partial charge on any atom is 0.335 e. The van der Waals surface area contributed by atoms with Crippen LogP contribution in [0.2, 0.25) is 10.0 Å². The van der Waals surface area contributed by atoms with E-state index in [9.17, 15) is 38.6 Å². The van der Waals surface area contributed by atoms with Gasteiger partial charge in [0.25, 0.3) is 0 Å². The van der Waals surface area contributed by atoms with Crippen molar-refractivity contribution in [3.05, 3.63) is 99.3 Å². The van der Waals surface area contributed by atoms with Gasteiger partial charge >= 0.3 is 5.97 Å². The number of anilines is 2. The van der Waals surface area contributed by atoms with E-state index in [1.807, 2.05) is 6.08 Å². The van der Waals surface area contributed by atoms with Crippen molar-refractivity contribution in [2.24, 2.45) is 29.1 Å². The van der Waals surface area contributed by atoms with E-state index in [0.717, 1.165) is 15.9 Å². The van der Waals surface area contributed by atoms with Gasteiger partial charge in [-0.1, -0.05) is 47.0 Å². The Labute approximate surface area is 271 Å². The third-order valence-corrected chi connectivity index (χ3v) is 10.7. The van der Waals surface area contributed by atoms with Gasteiger partial charge in [-0.2, -0.15) is 0 Å². The lowest BCUT2D eigenvalue weighted by Crippen LogP contribution is -2.49. The number of allylic oxidation sites excluding steroid dienone is 2. The fourth-order valence-corrected chi connectivity index (χ4v) is 8.47. The molecule has 4 aliphatic rings. The number of imide groups is 2. The van der Waals surface area contributed by atoms with Crippen molar-refractivity contribution in [1.82, 2.24) is 0 Å². The fraction of sp³-hybridized carbons (Fsp3) is 0.265. The van der Waals surface area contributed by atoms with E-state index in [2.05, 4.69) is 0 Å². The first-order chi connectivity index (χ1) is 21.8. The highest BCUT2D eigenvalue weighted by Crippen LogP contribution is 2.64. The van der Waals surface area contributed by atoms with Gasteiger partial charge < -0.3 is 10.2 Å². The molecule has 2 aliphatic heterocycles. The molecule has 2 N–H and O–H groups in total. The molecule has 12 heteroatoms. The van der Waals surface area contributed by atoms with Crippen molar-refractivity contribution in [3.8, 4) is 5.75 Å². The van der Waals surface area contributed by atoms with Crippen LogP contribution in [0.1, 0.15) is 41.6 Å². The van der Waals surface area contributed by atoms with Gasteiger partial charge in [-0.05, 0) is 79.8 Å². The van der Waals surface area contributed by atoms with Crippen molar-refractivity contribution < 1.29 is 38.6 Å². The zero-order valence-electron chi connectivity index (χ0n) is 24.1. The molecule has 2 heterocycles. The molecule has 0 radical (unpaired) electrons. The molecular formula is C34H25Cl2FN2O7. The van der Waals surface area contributed by atoms with E-state index < -0.39 is 70.4 Å². The first kappa shape index (κ1) is 30.1. The molecule has 3 aromatic rings. The highest BCUT2D eigenvalue weighted by atomic mass is 35.5. The molecule has 2 saturated heterocycles. The van der Waals surface area contributed by atoms with Gasteiger partial charge in [0.1, 0.15) is 11.6 Å². The number of nitrogens with zero attached hydrogens (tertiary/aromatic N) is 2. The Kier molecular flexibility index (Phi) is 6.88. The summed E-state index contributed by atoms with van der Waals surface area (Å²) >= 11 is 12.7. The number of hydrogen-bond acceptors (Lipinski definition) is 6. The molecule has 0 aromatic heterocycles. The third-order valence-electron chi connectivity index (χ3n) is 10.1. The number of carboxylic acids is 1. The predicted molar refractivity (Wildman–Crippen MR) is 165 cm³/mol. The number of carboxylic acid groups (broad SMARTS) is 1. The number of benzene rings is 3. The zero-order chi connectivity index (χ0) is 32.8. The van der Waals surface area contributed by atoms with Crippen molar-refractivity contribution >= 4 is 64.2 Å². The average Bonchev–Trinajstić information content (AvgIpc) is 3.38. The molecule has 3 aromatic carbocycles. The molecule has 6 atom stereocenters. The highest BCUT2D eigenvalue weighted by Gasteiger charge is 2.68. The van der Waals surface area contributed by atoms with Gasteiger partial charge in [-0.3, -0.25) is 24.1 Å². The maximum atomic E-state index is 14.4. The highest BCUT2D eigenvalue weighted by molar-refractivity contribution is 6.32. The van der Waals surface area contributed by atoms with Crippen LogP contribution in [0.4, 0.5) is 15.8 Å². The molecule has 4 amide bonds. The van der Waals surface area contributed by atoms with Crippen LogP contribution < -0.4 is 9.80 Å². The molecule has 1 saturated carbocycles. The minimum Gasteiger partial charge on any atom is -0.508 e. The maximum absolute atomic E-state index is 14.4. The van der Waals surface area contributed by atoms with Gasteiger partial charge in [-0.25, -0.2) is 14.1 Å². The van der Waals surface area contributed by atoms with Gasteiger partial charge in [-0.15, -0.1) is 0 Å². The molecule has 234 valence electrons. The third kappa shape index (κ3) is 4.16. The lowest BCUT2D eigenvalue weighted by Gasteiger charge is -2.49. The van der Waals surface area contributed by atoms with Crippen LogP contribution in [0.3, 0.4) is 0 Å². The number of phenolic OH excluding ortho intramolecular Hbond substituents is 1. The van der Waals surface area contributed by atoms with Crippen LogP contribution in [0.25, 0.3) is 0 Å². The van der Waals surface area contributed by atoms with Crippen molar-refractivity contribution in [1.29, 1.82) is 0 Å². The standard InChI is InChI=1S/C34H25Cl2FN2O7/c1-34-23(30(42)39(33(34)46)17-5-10-26(37)25(36)12-17)14-22-19(28(34)20-7-6-18(40)13-24(20)35)8-9-21-27(22)31(43)38(29(21)41)16-4-2-3-15(11-16)32(44)45/h2-8,10-13,21-23,27-28,40H,9,14H2,1H3,(H,44,45)/t21-,22+,23-,27-,28+,34+/m0/s1. The van der Waals surface area contributed by atoms with E-state index in [1.165, 1.54) is 48.5 Å². The van der Waals surface area contributed by atoms with Crippen LogP contribution in [-0.4, -0.2) is 39.8 Å². The van der Waals surface area contributed by atoms with E-state index >= 15 is 0 Å².